The van der Waals surface area contributed by atoms with Crippen molar-refractivity contribution in [2.45, 2.75) is 40.3 Å². The summed E-state index contributed by atoms with van der Waals surface area (Å²) >= 11 is 0. The molecule has 0 aliphatic heterocycles. The lowest BCUT2D eigenvalue weighted by Crippen LogP contribution is -2.24. The molecule has 0 aliphatic carbocycles. The molecule has 112 valence electrons. The fourth-order valence-electron chi connectivity index (χ4n) is 2.57. The molecule has 0 saturated carbocycles. The van der Waals surface area contributed by atoms with Gasteiger partial charge in [-0.05, 0) is 37.1 Å². The van der Waals surface area contributed by atoms with Crippen LogP contribution < -0.4 is 10.2 Å². The average Bonchev–Trinajstić information content (AvgIpc) is 2.49. The first-order valence-corrected chi connectivity index (χ1v) is 7.78. The van der Waals surface area contributed by atoms with Crippen LogP contribution in [0.1, 0.15) is 31.9 Å². The maximum absolute atomic E-state index is 3.52. The van der Waals surface area contributed by atoms with E-state index in [2.05, 4.69) is 86.4 Å². The number of hydrogen-bond acceptors (Lipinski definition) is 2. The van der Waals surface area contributed by atoms with Crippen LogP contribution in [-0.2, 0) is 6.54 Å². The quantitative estimate of drug-likeness (QED) is 0.829. The number of nitrogens with one attached hydrogen (secondary N) is 1. The molecule has 2 nitrogen and oxygen atoms in total. The summed E-state index contributed by atoms with van der Waals surface area (Å²) in [5.41, 5.74) is 5.24. The molecule has 2 aromatic carbocycles. The fourth-order valence-corrected chi connectivity index (χ4v) is 2.57. The number of para-hydroxylation sites is 2. The molecule has 0 fully saturated rings. The third-order valence-corrected chi connectivity index (χ3v) is 3.71. The number of nitrogens with zero attached hydrogens (tertiary/aromatic N) is 1. The van der Waals surface area contributed by atoms with Crippen molar-refractivity contribution < 1.29 is 0 Å². The lowest BCUT2D eigenvalue weighted by molar-refractivity contribution is 0.588. The minimum absolute atomic E-state index is 0.492. The van der Waals surface area contributed by atoms with Crippen molar-refractivity contribution in [1.82, 2.24) is 5.32 Å². The smallest absolute Gasteiger partial charge is 0.0456 e. The summed E-state index contributed by atoms with van der Waals surface area (Å²) in [7, 11) is 0. The Bertz CT molecular complexity index is 575. The molecule has 2 rings (SSSR count). The lowest BCUT2D eigenvalue weighted by Gasteiger charge is -2.27. The van der Waals surface area contributed by atoms with Crippen molar-refractivity contribution in [2.24, 2.45) is 0 Å². The first-order chi connectivity index (χ1) is 10.1. The molecule has 0 radical (unpaired) electrons. The highest BCUT2D eigenvalue weighted by Crippen LogP contribution is 2.30. The molecule has 0 aliphatic rings. The third-order valence-electron chi connectivity index (χ3n) is 3.71. The Morgan fingerprint density at radius 3 is 2.19 bits per heavy atom. The van der Waals surface area contributed by atoms with Gasteiger partial charge in [-0.15, -0.1) is 0 Å². The summed E-state index contributed by atoms with van der Waals surface area (Å²) in [6, 6.07) is 17.7. The van der Waals surface area contributed by atoms with Gasteiger partial charge >= 0.3 is 0 Å². The molecule has 0 heterocycles. The van der Waals surface area contributed by atoms with Crippen LogP contribution in [0.5, 0.6) is 0 Å². The van der Waals surface area contributed by atoms with E-state index in [9.17, 15) is 0 Å². The summed E-state index contributed by atoms with van der Waals surface area (Å²) in [5, 5.41) is 3.52. The van der Waals surface area contributed by atoms with Crippen molar-refractivity contribution in [3.05, 3.63) is 59.7 Å². The highest BCUT2D eigenvalue weighted by atomic mass is 15.1. The van der Waals surface area contributed by atoms with E-state index in [4.69, 9.17) is 0 Å². The van der Waals surface area contributed by atoms with Gasteiger partial charge in [-0.2, -0.15) is 0 Å². The van der Waals surface area contributed by atoms with Gasteiger partial charge in [0, 0.05) is 30.5 Å². The third kappa shape index (κ3) is 3.85. The summed E-state index contributed by atoms with van der Waals surface area (Å²) in [6.45, 7) is 10.6. The van der Waals surface area contributed by atoms with Crippen LogP contribution in [0.15, 0.2) is 48.5 Å². The summed E-state index contributed by atoms with van der Waals surface area (Å²) < 4.78 is 0. The van der Waals surface area contributed by atoms with Gasteiger partial charge in [0.15, 0.2) is 0 Å². The monoisotopic (exact) mass is 282 g/mol. The standard InChI is InChI=1S/C19H26N2/c1-5-21(18-12-8-6-10-16(18)4)19-13-9-7-11-17(19)14-20-15(2)3/h6-13,15,20H,5,14H2,1-4H3. The van der Waals surface area contributed by atoms with Gasteiger partial charge in [0.1, 0.15) is 0 Å². The normalized spacial score (nSPS) is 10.9. The summed E-state index contributed by atoms with van der Waals surface area (Å²) in [5.74, 6) is 0. The second-order valence-corrected chi connectivity index (χ2v) is 5.70. The van der Waals surface area contributed by atoms with Crippen LogP contribution in [0.3, 0.4) is 0 Å². The van der Waals surface area contributed by atoms with Gasteiger partial charge < -0.3 is 10.2 Å². The van der Waals surface area contributed by atoms with Gasteiger partial charge in [0.2, 0.25) is 0 Å². The molecule has 0 atom stereocenters. The molecular weight excluding hydrogens is 256 g/mol. The van der Waals surface area contributed by atoms with Gasteiger partial charge in [-0.25, -0.2) is 0 Å². The zero-order valence-electron chi connectivity index (χ0n) is 13.6. The van der Waals surface area contributed by atoms with E-state index in [0.717, 1.165) is 13.1 Å². The number of hydrogen-bond donors (Lipinski definition) is 1. The van der Waals surface area contributed by atoms with Crippen molar-refractivity contribution in [3.63, 3.8) is 0 Å². The first-order valence-electron chi connectivity index (χ1n) is 7.78. The number of anilines is 2. The minimum Gasteiger partial charge on any atom is -0.341 e. The van der Waals surface area contributed by atoms with Gasteiger partial charge in [0.25, 0.3) is 0 Å². The Morgan fingerprint density at radius 1 is 0.952 bits per heavy atom. The molecule has 2 aromatic rings. The highest BCUT2D eigenvalue weighted by Gasteiger charge is 2.13. The molecule has 0 aromatic heterocycles. The zero-order valence-corrected chi connectivity index (χ0v) is 13.6. The Hall–Kier alpha value is -1.80. The number of benzene rings is 2. The van der Waals surface area contributed by atoms with Crippen molar-refractivity contribution >= 4 is 11.4 Å². The Morgan fingerprint density at radius 2 is 1.57 bits per heavy atom. The Kier molecular flexibility index (Phi) is 5.40. The SMILES string of the molecule is CCN(c1ccccc1C)c1ccccc1CNC(C)C. The molecule has 0 spiro atoms. The second-order valence-electron chi connectivity index (χ2n) is 5.70. The second kappa shape index (κ2) is 7.28. The maximum Gasteiger partial charge on any atom is 0.0456 e. The molecule has 0 amide bonds. The van der Waals surface area contributed by atoms with Crippen LogP contribution in [0.4, 0.5) is 11.4 Å². The molecule has 2 heteroatoms. The van der Waals surface area contributed by atoms with Crippen LogP contribution in [0, 0.1) is 6.92 Å². The van der Waals surface area contributed by atoms with E-state index in [0.29, 0.717) is 6.04 Å². The molecule has 0 bridgehead atoms. The van der Waals surface area contributed by atoms with E-state index < -0.39 is 0 Å². The summed E-state index contributed by atoms with van der Waals surface area (Å²) in [6.07, 6.45) is 0. The minimum atomic E-state index is 0.492. The van der Waals surface area contributed by atoms with Gasteiger partial charge in [-0.3, -0.25) is 0 Å². The van der Waals surface area contributed by atoms with Gasteiger partial charge in [0.05, 0.1) is 0 Å². The number of aryl methyl sites for hydroxylation is 1. The number of rotatable bonds is 6. The van der Waals surface area contributed by atoms with Crippen LogP contribution >= 0.6 is 0 Å². The van der Waals surface area contributed by atoms with Crippen LogP contribution in [-0.4, -0.2) is 12.6 Å². The lowest BCUT2D eigenvalue weighted by atomic mass is 10.1. The van der Waals surface area contributed by atoms with E-state index in [1.807, 2.05) is 0 Å². The van der Waals surface area contributed by atoms with Crippen molar-refractivity contribution in [2.75, 3.05) is 11.4 Å². The fraction of sp³-hybridized carbons (Fsp3) is 0.368. The average molecular weight is 282 g/mol. The van der Waals surface area contributed by atoms with Crippen molar-refractivity contribution in [3.8, 4) is 0 Å². The van der Waals surface area contributed by atoms with Gasteiger partial charge in [-0.1, -0.05) is 50.2 Å². The summed E-state index contributed by atoms with van der Waals surface area (Å²) in [4.78, 5) is 2.40. The van der Waals surface area contributed by atoms with Crippen molar-refractivity contribution in [1.29, 1.82) is 0 Å². The Labute approximate surface area is 128 Å². The molecular formula is C19H26N2. The topological polar surface area (TPSA) is 15.3 Å². The molecule has 0 unspecified atom stereocenters. The Balaban J connectivity index is 2.36. The van der Waals surface area contributed by atoms with E-state index in [1.165, 1.54) is 22.5 Å². The highest BCUT2D eigenvalue weighted by molar-refractivity contribution is 5.68. The van der Waals surface area contributed by atoms with E-state index in [-0.39, 0.29) is 0 Å². The first kappa shape index (κ1) is 15.6. The maximum atomic E-state index is 3.52. The van der Waals surface area contributed by atoms with Crippen LogP contribution in [0.25, 0.3) is 0 Å². The zero-order chi connectivity index (χ0) is 15.2. The van der Waals surface area contributed by atoms with E-state index >= 15 is 0 Å². The van der Waals surface area contributed by atoms with Crippen LogP contribution in [0.2, 0.25) is 0 Å². The predicted molar refractivity (Wildman–Crippen MR) is 92.3 cm³/mol. The molecule has 21 heavy (non-hydrogen) atoms. The largest absolute Gasteiger partial charge is 0.341 e. The van der Waals surface area contributed by atoms with E-state index in [1.54, 1.807) is 0 Å². The molecule has 0 saturated heterocycles. The predicted octanol–water partition coefficient (Wildman–Crippen LogP) is 4.65. The molecule has 1 N–H and O–H groups in total.